The molecule has 0 bridgehead atoms. The first-order valence-electron chi connectivity index (χ1n) is 11.0. The Morgan fingerprint density at radius 2 is 1.59 bits per heavy atom. The van der Waals surface area contributed by atoms with Crippen LogP contribution in [0, 0.1) is 11.8 Å². The average molecular weight is 370 g/mol. The highest BCUT2D eigenvalue weighted by molar-refractivity contribution is 5.79. The predicted molar refractivity (Wildman–Crippen MR) is 109 cm³/mol. The van der Waals surface area contributed by atoms with E-state index in [2.05, 4.69) is 47.1 Å². The smallest absolute Gasteiger partial charge is 0.237 e. The summed E-state index contributed by atoms with van der Waals surface area (Å²) in [6.07, 6.45) is 12.6. The molecule has 148 valence electrons. The number of carbonyl (C=O) groups excluding carboxylic acids is 1. The molecular formula is C23H35N3O. The van der Waals surface area contributed by atoms with Gasteiger partial charge in [0.1, 0.15) is 0 Å². The number of fused-ring (bicyclic) bond motifs is 1. The Morgan fingerprint density at radius 1 is 0.926 bits per heavy atom. The second kappa shape index (κ2) is 8.74. The lowest BCUT2D eigenvalue weighted by molar-refractivity contribution is -0.133. The van der Waals surface area contributed by atoms with Crippen molar-refractivity contribution in [3.05, 3.63) is 35.4 Å². The van der Waals surface area contributed by atoms with Crippen molar-refractivity contribution in [2.45, 2.75) is 82.8 Å². The molecule has 1 aliphatic heterocycles. The van der Waals surface area contributed by atoms with Crippen LogP contribution in [-0.2, 0) is 17.8 Å². The van der Waals surface area contributed by atoms with E-state index in [-0.39, 0.29) is 11.8 Å². The summed E-state index contributed by atoms with van der Waals surface area (Å²) in [5, 5.41) is 0. The van der Waals surface area contributed by atoms with Crippen LogP contribution in [-0.4, -0.2) is 29.9 Å². The third-order valence-corrected chi connectivity index (χ3v) is 7.16. The molecule has 2 N–H and O–H groups in total. The van der Waals surface area contributed by atoms with Crippen LogP contribution in [0.15, 0.2) is 24.3 Å². The van der Waals surface area contributed by atoms with Gasteiger partial charge in [-0.1, -0.05) is 56.4 Å². The highest BCUT2D eigenvalue weighted by atomic mass is 16.2. The van der Waals surface area contributed by atoms with Crippen LogP contribution in [0.5, 0.6) is 0 Å². The molecule has 3 aliphatic rings. The van der Waals surface area contributed by atoms with Crippen LogP contribution < -0.4 is 10.9 Å². The first-order chi connectivity index (χ1) is 13.2. The number of amides is 1. The van der Waals surface area contributed by atoms with E-state index in [0.29, 0.717) is 12.0 Å². The molecule has 3 unspecified atom stereocenters. The lowest BCUT2D eigenvalue weighted by atomic mass is 9.72. The number of nitrogens with one attached hydrogen (secondary N) is 2. The van der Waals surface area contributed by atoms with Crippen molar-refractivity contribution in [3.63, 3.8) is 0 Å². The van der Waals surface area contributed by atoms with Gasteiger partial charge in [0.05, 0.1) is 0 Å². The van der Waals surface area contributed by atoms with Crippen molar-refractivity contribution in [1.29, 1.82) is 0 Å². The Kier molecular flexibility index (Phi) is 6.14. The summed E-state index contributed by atoms with van der Waals surface area (Å²) in [7, 11) is 2.28. The number of hydrazine groups is 1. The minimum atomic E-state index is 0.206. The van der Waals surface area contributed by atoms with Crippen LogP contribution >= 0.6 is 0 Å². The molecule has 0 radical (unpaired) electrons. The van der Waals surface area contributed by atoms with Gasteiger partial charge in [0.25, 0.3) is 0 Å². The zero-order valence-corrected chi connectivity index (χ0v) is 16.8. The maximum atomic E-state index is 12.1. The summed E-state index contributed by atoms with van der Waals surface area (Å²) in [5.41, 5.74) is 9.01. The average Bonchev–Trinajstić information content (AvgIpc) is 2.72. The fraction of sp³-hybridized carbons (Fsp3) is 0.696. The van der Waals surface area contributed by atoms with Crippen molar-refractivity contribution in [2.75, 3.05) is 7.05 Å². The Bertz CT molecular complexity index is 623. The number of hydrogen-bond acceptors (Lipinski definition) is 3. The molecular weight excluding hydrogens is 334 g/mol. The number of rotatable bonds is 5. The monoisotopic (exact) mass is 369 g/mol. The highest BCUT2D eigenvalue weighted by Gasteiger charge is 2.39. The SMILES string of the molecule is CN(Cc1ccc(CC2NNC(=O)C3CCCCC23)cc1)C1CCCCC1. The minimum absolute atomic E-state index is 0.206. The van der Waals surface area contributed by atoms with Gasteiger partial charge >= 0.3 is 0 Å². The van der Waals surface area contributed by atoms with Gasteiger partial charge in [-0.15, -0.1) is 0 Å². The molecule has 1 aromatic carbocycles. The maximum Gasteiger partial charge on any atom is 0.237 e. The Balaban J connectivity index is 1.34. The van der Waals surface area contributed by atoms with Gasteiger partial charge in [-0.2, -0.15) is 0 Å². The Labute approximate surface area is 164 Å². The number of carbonyl (C=O) groups is 1. The molecule has 1 saturated heterocycles. The summed E-state index contributed by atoms with van der Waals surface area (Å²) < 4.78 is 0. The van der Waals surface area contributed by atoms with Gasteiger partial charge < -0.3 is 0 Å². The highest BCUT2D eigenvalue weighted by Crippen LogP contribution is 2.35. The van der Waals surface area contributed by atoms with Gasteiger partial charge in [-0.05, 0) is 56.2 Å². The fourth-order valence-electron chi connectivity index (χ4n) is 5.51. The lowest BCUT2D eigenvalue weighted by Gasteiger charge is -2.41. The summed E-state index contributed by atoms with van der Waals surface area (Å²) in [6, 6.07) is 10.3. The lowest BCUT2D eigenvalue weighted by Crippen LogP contribution is -2.60. The molecule has 4 heteroatoms. The normalized spacial score (nSPS) is 29.4. The zero-order chi connectivity index (χ0) is 18.6. The van der Waals surface area contributed by atoms with Crippen LogP contribution in [0.2, 0.25) is 0 Å². The molecule has 0 aromatic heterocycles. The molecule has 1 amide bonds. The van der Waals surface area contributed by atoms with Gasteiger partial charge in [-0.3, -0.25) is 15.1 Å². The summed E-state index contributed by atoms with van der Waals surface area (Å²) in [6.45, 7) is 1.05. The minimum Gasteiger partial charge on any atom is -0.299 e. The quantitative estimate of drug-likeness (QED) is 0.830. The molecule has 2 saturated carbocycles. The van der Waals surface area contributed by atoms with E-state index >= 15 is 0 Å². The number of benzene rings is 1. The summed E-state index contributed by atoms with van der Waals surface area (Å²) in [4.78, 5) is 14.7. The molecule has 1 aromatic rings. The van der Waals surface area contributed by atoms with E-state index < -0.39 is 0 Å². The summed E-state index contributed by atoms with van der Waals surface area (Å²) in [5.74, 6) is 0.912. The van der Waals surface area contributed by atoms with Gasteiger partial charge in [0.2, 0.25) is 5.91 Å². The predicted octanol–water partition coefficient (Wildman–Crippen LogP) is 3.80. The van der Waals surface area contributed by atoms with E-state index in [4.69, 9.17) is 0 Å². The number of hydrogen-bond donors (Lipinski definition) is 2. The largest absolute Gasteiger partial charge is 0.299 e. The van der Waals surface area contributed by atoms with Crippen molar-refractivity contribution in [1.82, 2.24) is 15.8 Å². The van der Waals surface area contributed by atoms with Crippen LogP contribution in [0.3, 0.4) is 0 Å². The first kappa shape index (κ1) is 18.9. The Hall–Kier alpha value is -1.39. The van der Waals surface area contributed by atoms with Crippen molar-refractivity contribution >= 4 is 5.91 Å². The van der Waals surface area contributed by atoms with E-state index in [9.17, 15) is 4.79 Å². The molecule has 27 heavy (non-hydrogen) atoms. The van der Waals surface area contributed by atoms with Gasteiger partial charge in [-0.25, -0.2) is 5.43 Å². The molecule has 3 atom stereocenters. The first-order valence-corrected chi connectivity index (χ1v) is 11.0. The zero-order valence-electron chi connectivity index (χ0n) is 16.8. The fourth-order valence-corrected chi connectivity index (χ4v) is 5.51. The Morgan fingerprint density at radius 3 is 2.37 bits per heavy atom. The van der Waals surface area contributed by atoms with Crippen molar-refractivity contribution < 1.29 is 4.79 Å². The third kappa shape index (κ3) is 4.55. The van der Waals surface area contributed by atoms with Crippen LogP contribution in [0.4, 0.5) is 0 Å². The van der Waals surface area contributed by atoms with Crippen LogP contribution in [0.25, 0.3) is 0 Å². The topological polar surface area (TPSA) is 44.4 Å². The molecule has 2 aliphatic carbocycles. The number of nitrogens with zero attached hydrogens (tertiary/aromatic N) is 1. The third-order valence-electron chi connectivity index (χ3n) is 7.16. The van der Waals surface area contributed by atoms with Crippen LogP contribution in [0.1, 0.15) is 68.9 Å². The van der Waals surface area contributed by atoms with Crippen molar-refractivity contribution in [2.24, 2.45) is 11.8 Å². The molecule has 3 fully saturated rings. The molecule has 0 spiro atoms. The molecule has 1 heterocycles. The van der Waals surface area contributed by atoms with E-state index in [1.54, 1.807) is 0 Å². The van der Waals surface area contributed by atoms with E-state index in [0.717, 1.165) is 25.4 Å². The standard InChI is InChI=1S/C23H35N3O/c1-26(19-7-3-2-4-8-19)16-18-13-11-17(12-14-18)15-22-20-9-5-6-10-21(20)23(27)25-24-22/h11-14,19-22,24H,2-10,15-16H2,1H3,(H,25,27). The second-order valence-corrected chi connectivity index (χ2v) is 9.02. The second-order valence-electron chi connectivity index (χ2n) is 9.02. The van der Waals surface area contributed by atoms with E-state index in [1.807, 2.05) is 0 Å². The molecule has 4 rings (SSSR count). The summed E-state index contributed by atoms with van der Waals surface area (Å²) >= 11 is 0. The van der Waals surface area contributed by atoms with Crippen molar-refractivity contribution in [3.8, 4) is 0 Å². The maximum absolute atomic E-state index is 12.1. The van der Waals surface area contributed by atoms with Gasteiger partial charge in [0, 0.05) is 24.5 Å². The van der Waals surface area contributed by atoms with E-state index in [1.165, 1.54) is 62.5 Å². The van der Waals surface area contributed by atoms with Gasteiger partial charge in [0.15, 0.2) is 0 Å². The molecule has 4 nitrogen and oxygen atoms in total.